The maximum atomic E-state index is 12.5. The third kappa shape index (κ3) is 2.77. The van der Waals surface area contributed by atoms with Crippen molar-refractivity contribution in [3.63, 3.8) is 0 Å². The second-order valence-corrected chi connectivity index (χ2v) is 6.45. The topological polar surface area (TPSA) is 69.8 Å². The summed E-state index contributed by atoms with van der Waals surface area (Å²) in [5, 5.41) is 13.6. The smallest absolute Gasteiger partial charge is 0.272 e. The highest BCUT2D eigenvalue weighted by atomic mass is 16.1. The molecule has 1 aliphatic heterocycles. The minimum absolute atomic E-state index is 0.0609. The van der Waals surface area contributed by atoms with Crippen molar-refractivity contribution in [1.82, 2.24) is 20.8 Å². The molecule has 1 aromatic carbocycles. The summed E-state index contributed by atoms with van der Waals surface area (Å²) in [4.78, 5) is 12.5. The Balaban J connectivity index is 1.46. The van der Waals surface area contributed by atoms with E-state index in [1.165, 1.54) is 17.5 Å². The van der Waals surface area contributed by atoms with E-state index < -0.39 is 0 Å². The maximum absolute atomic E-state index is 12.5. The fraction of sp³-hybridized carbons (Fsp3) is 0.444. The molecule has 0 radical (unpaired) electrons. The SMILES string of the molecule is O=C(NCC1CCCc2ccccc21)c1n[nH]c2c1CNCC2. The molecule has 1 aromatic heterocycles. The highest BCUT2D eigenvalue weighted by Gasteiger charge is 2.24. The molecule has 0 saturated heterocycles. The molecule has 4 rings (SSSR count). The number of nitrogens with one attached hydrogen (secondary N) is 3. The Morgan fingerprint density at radius 3 is 3.17 bits per heavy atom. The first-order chi connectivity index (χ1) is 11.3. The lowest BCUT2D eigenvalue weighted by molar-refractivity contribution is 0.0944. The number of benzene rings is 1. The van der Waals surface area contributed by atoms with Crippen LogP contribution in [-0.2, 0) is 19.4 Å². The Labute approximate surface area is 135 Å². The largest absolute Gasteiger partial charge is 0.350 e. The third-order valence-electron chi connectivity index (χ3n) is 5.02. The number of carbonyl (C=O) groups excluding carboxylic acids is 1. The van der Waals surface area contributed by atoms with Crippen molar-refractivity contribution in [3.05, 3.63) is 52.3 Å². The van der Waals surface area contributed by atoms with Gasteiger partial charge in [-0.3, -0.25) is 9.89 Å². The predicted octanol–water partition coefficient (Wildman–Crippen LogP) is 1.91. The van der Waals surface area contributed by atoms with Gasteiger partial charge in [0.2, 0.25) is 0 Å². The maximum Gasteiger partial charge on any atom is 0.272 e. The normalized spacial score (nSPS) is 19.7. The van der Waals surface area contributed by atoms with Gasteiger partial charge in [-0.25, -0.2) is 0 Å². The van der Waals surface area contributed by atoms with Gasteiger partial charge in [-0.2, -0.15) is 5.10 Å². The van der Waals surface area contributed by atoms with E-state index in [0.717, 1.165) is 43.6 Å². The van der Waals surface area contributed by atoms with E-state index in [1.807, 2.05) is 0 Å². The summed E-state index contributed by atoms with van der Waals surface area (Å²) in [6.07, 6.45) is 4.39. The molecule has 120 valence electrons. The van der Waals surface area contributed by atoms with E-state index in [4.69, 9.17) is 0 Å². The highest BCUT2D eigenvalue weighted by Crippen LogP contribution is 2.30. The van der Waals surface area contributed by atoms with Crippen LogP contribution in [0.4, 0.5) is 0 Å². The van der Waals surface area contributed by atoms with Crippen molar-refractivity contribution in [2.24, 2.45) is 0 Å². The quantitative estimate of drug-likeness (QED) is 0.811. The number of H-pyrrole nitrogens is 1. The molecular formula is C18H22N4O. The van der Waals surface area contributed by atoms with Crippen molar-refractivity contribution in [2.75, 3.05) is 13.1 Å². The van der Waals surface area contributed by atoms with Crippen molar-refractivity contribution in [2.45, 2.75) is 38.1 Å². The molecule has 1 amide bonds. The summed E-state index contributed by atoms with van der Waals surface area (Å²) in [6.45, 7) is 2.35. The molecule has 0 fully saturated rings. The molecule has 5 nitrogen and oxygen atoms in total. The number of fused-ring (bicyclic) bond motifs is 2. The third-order valence-corrected chi connectivity index (χ3v) is 5.02. The first kappa shape index (κ1) is 14.5. The van der Waals surface area contributed by atoms with E-state index >= 15 is 0 Å². The van der Waals surface area contributed by atoms with Crippen LogP contribution in [-0.4, -0.2) is 29.2 Å². The molecule has 1 atom stereocenters. The zero-order chi connectivity index (χ0) is 15.6. The summed E-state index contributed by atoms with van der Waals surface area (Å²) < 4.78 is 0. The van der Waals surface area contributed by atoms with Crippen LogP contribution in [0.5, 0.6) is 0 Å². The standard InChI is InChI=1S/C18H22N4O/c23-18(17-15-11-19-9-8-16(15)21-22-17)20-10-13-6-3-5-12-4-1-2-7-14(12)13/h1-2,4,7,13,19H,3,5-6,8-11H2,(H,20,23)(H,21,22). The van der Waals surface area contributed by atoms with Crippen molar-refractivity contribution >= 4 is 5.91 Å². The van der Waals surface area contributed by atoms with Gasteiger partial charge < -0.3 is 10.6 Å². The van der Waals surface area contributed by atoms with Crippen LogP contribution in [0.15, 0.2) is 24.3 Å². The summed E-state index contributed by atoms with van der Waals surface area (Å²) in [5.41, 5.74) is 5.50. The van der Waals surface area contributed by atoms with Crippen molar-refractivity contribution in [1.29, 1.82) is 0 Å². The zero-order valence-electron chi connectivity index (χ0n) is 13.2. The van der Waals surface area contributed by atoms with Crippen molar-refractivity contribution < 1.29 is 4.79 Å². The van der Waals surface area contributed by atoms with Gasteiger partial charge in [-0.05, 0) is 30.4 Å². The van der Waals surface area contributed by atoms with E-state index in [0.29, 0.717) is 18.2 Å². The Hall–Kier alpha value is -2.14. The molecule has 2 aromatic rings. The first-order valence-corrected chi connectivity index (χ1v) is 8.46. The molecule has 0 bridgehead atoms. The number of hydrogen-bond donors (Lipinski definition) is 3. The Bertz CT molecular complexity index is 722. The Kier molecular flexibility index (Phi) is 3.87. The molecule has 0 saturated carbocycles. The van der Waals surface area contributed by atoms with Gasteiger partial charge in [0.15, 0.2) is 5.69 Å². The average molecular weight is 310 g/mol. The predicted molar refractivity (Wildman–Crippen MR) is 88.5 cm³/mol. The second-order valence-electron chi connectivity index (χ2n) is 6.45. The minimum Gasteiger partial charge on any atom is -0.350 e. The lowest BCUT2D eigenvalue weighted by Crippen LogP contribution is -2.32. The molecule has 1 aliphatic carbocycles. The summed E-state index contributed by atoms with van der Waals surface area (Å²) >= 11 is 0. The van der Waals surface area contributed by atoms with Gasteiger partial charge in [-0.1, -0.05) is 24.3 Å². The van der Waals surface area contributed by atoms with Crippen molar-refractivity contribution in [3.8, 4) is 0 Å². The lowest BCUT2D eigenvalue weighted by atomic mass is 9.83. The van der Waals surface area contributed by atoms with Crippen LogP contribution in [0.2, 0.25) is 0 Å². The lowest BCUT2D eigenvalue weighted by Gasteiger charge is -2.25. The Morgan fingerprint density at radius 1 is 1.30 bits per heavy atom. The van der Waals surface area contributed by atoms with Crippen LogP contribution >= 0.6 is 0 Å². The highest BCUT2D eigenvalue weighted by molar-refractivity contribution is 5.94. The van der Waals surface area contributed by atoms with Gasteiger partial charge >= 0.3 is 0 Å². The van der Waals surface area contributed by atoms with Gasteiger partial charge in [0.1, 0.15) is 0 Å². The molecule has 3 N–H and O–H groups in total. The number of aromatic nitrogens is 2. The number of hydrogen-bond acceptors (Lipinski definition) is 3. The number of nitrogens with zero attached hydrogens (tertiary/aromatic N) is 1. The monoisotopic (exact) mass is 310 g/mol. The second kappa shape index (κ2) is 6.16. The van der Waals surface area contributed by atoms with Crippen LogP contribution in [0.3, 0.4) is 0 Å². The zero-order valence-corrected chi connectivity index (χ0v) is 13.2. The van der Waals surface area contributed by atoms with Crippen LogP contribution < -0.4 is 10.6 Å². The average Bonchev–Trinajstić information content (AvgIpc) is 3.04. The molecule has 23 heavy (non-hydrogen) atoms. The van der Waals surface area contributed by atoms with Gasteiger partial charge in [0.05, 0.1) is 0 Å². The molecular weight excluding hydrogens is 288 g/mol. The molecule has 2 heterocycles. The van der Waals surface area contributed by atoms with Gasteiger partial charge in [-0.15, -0.1) is 0 Å². The molecule has 2 aliphatic rings. The first-order valence-electron chi connectivity index (χ1n) is 8.46. The van der Waals surface area contributed by atoms with E-state index in [2.05, 4.69) is 45.1 Å². The van der Waals surface area contributed by atoms with E-state index in [9.17, 15) is 4.79 Å². The number of aryl methyl sites for hydroxylation is 1. The number of rotatable bonds is 3. The Morgan fingerprint density at radius 2 is 2.22 bits per heavy atom. The van der Waals surface area contributed by atoms with Gasteiger partial charge in [0.25, 0.3) is 5.91 Å². The van der Waals surface area contributed by atoms with E-state index in [-0.39, 0.29) is 5.91 Å². The van der Waals surface area contributed by atoms with Crippen LogP contribution in [0.25, 0.3) is 0 Å². The van der Waals surface area contributed by atoms with Crippen LogP contribution in [0.1, 0.15) is 51.6 Å². The summed E-state index contributed by atoms with van der Waals surface area (Å²) in [6, 6.07) is 8.60. The summed E-state index contributed by atoms with van der Waals surface area (Å²) in [7, 11) is 0. The van der Waals surface area contributed by atoms with E-state index in [1.54, 1.807) is 0 Å². The molecule has 0 spiro atoms. The number of amides is 1. The minimum atomic E-state index is -0.0609. The number of aromatic amines is 1. The number of carbonyl (C=O) groups is 1. The molecule has 1 unspecified atom stereocenters. The van der Waals surface area contributed by atoms with Crippen LogP contribution in [0, 0.1) is 0 Å². The fourth-order valence-electron chi connectivity index (χ4n) is 3.78. The van der Waals surface area contributed by atoms with Gasteiger partial charge in [0, 0.05) is 43.2 Å². The fourth-order valence-corrected chi connectivity index (χ4v) is 3.78. The molecule has 5 heteroatoms. The summed E-state index contributed by atoms with van der Waals surface area (Å²) in [5.74, 6) is 0.353.